The van der Waals surface area contributed by atoms with Gasteiger partial charge in [0.2, 0.25) is 5.91 Å². The Kier molecular flexibility index (Phi) is 5.26. The third-order valence-electron chi connectivity index (χ3n) is 3.04. The second kappa shape index (κ2) is 7.36. The summed E-state index contributed by atoms with van der Waals surface area (Å²) in [7, 11) is 0. The number of halogens is 1. The number of rotatable bonds is 5. The van der Waals surface area contributed by atoms with Gasteiger partial charge < -0.3 is 15.2 Å². The highest BCUT2D eigenvalue weighted by Gasteiger charge is 2.14. The Labute approximate surface area is 136 Å². The monoisotopic (exact) mass is 331 g/mol. The Morgan fingerprint density at radius 1 is 1.08 bits per heavy atom. The van der Waals surface area contributed by atoms with Crippen LogP contribution < -0.4 is 5.32 Å². The van der Waals surface area contributed by atoms with Gasteiger partial charge >= 0.3 is 5.97 Å². The van der Waals surface area contributed by atoms with E-state index in [0.29, 0.717) is 0 Å². The van der Waals surface area contributed by atoms with Crippen LogP contribution >= 0.6 is 0 Å². The van der Waals surface area contributed by atoms with E-state index >= 15 is 0 Å². The lowest BCUT2D eigenvalue weighted by Crippen LogP contribution is -2.15. The van der Waals surface area contributed by atoms with E-state index in [-0.39, 0.29) is 22.6 Å². The summed E-state index contributed by atoms with van der Waals surface area (Å²) in [6.07, 6.45) is 0. The lowest BCUT2D eigenvalue weighted by molar-refractivity contribution is -0.114. The molecule has 0 radical (unpaired) electrons. The Morgan fingerprint density at radius 3 is 2.33 bits per heavy atom. The van der Waals surface area contributed by atoms with E-state index in [0.717, 1.165) is 12.1 Å². The Bertz CT molecular complexity index is 786. The van der Waals surface area contributed by atoms with Crippen LogP contribution in [0.15, 0.2) is 42.5 Å². The fraction of sp³-hybridized carbons (Fsp3) is 0.118. The van der Waals surface area contributed by atoms with Crippen molar-refractivity contribution >= 4 is 23.3 Å². The van der Waals surface area contributed by atoms with Crippen LogP contribution in [0.2, 0.25) is 0 Å². The van der Waals surface area contributed by atoms with E-state index in [4.69, 9.17) is 4.74 Å². The number of phenols is 1. The minimum absolute atomic E-state index is 0.0817. The number of carbonyl (C=O) groups excluding carboxylic acids is 3. The van der Waals surface area contributed by atoms with Crippen LogP contribution in [0, 0.1) is 5.82 Å². The average Bonchev–Trinajstić information content (AvgIpc) is 2.54. The summed E-state index contributed by atoms with van der Waals surface area (Å²) in [5.74, 6) is -2.36. The van der Waals surface area contributed by atoms with Crippen LogP contribution in [0.3, 0.4) is 0 Å². The van der Waals surface area contributed by atoms with Gasteiger partial charge in [-0.25, -0.2) is 9.18 Å². The van der Waals surface area contributed by atoms with Crippen molar-refractivity contribution in [1.82, 2.24) is 0 Å². The first-order chi connectivity index (χ1) is 11.4. The average molecular weight is 331 g/mol. The number of esters is 1. The molecule has 2 aromatic rings. The van der Waals surface area contributed by atoms with E-state index in [2.05, 4.69) is 5.32 Å². The number of Topliss-reactive ketones (excluding diaryl/α,β-unsaturated/α-hetero) is 1. The molecule has 7 heteroatoms. The molecule has 0 aliphatic rings. The largest absolute Gasteiger partial charge is 0.506 e. The van der Waals surface area contributed by atoms with E-state index in [1.54, 1.807) is 0 Å². The lowest BCUT2D eigenvalue weighted by Gasteiger charge is -2.08. The van der Waals surface area contributed by atoms with Gasteiger partial charge in [-0.3, -0.25) is 9.59 Å². The van der Waals surface area contributed by atoms with Gasteiger partial charge in [0.25, 0.3) is 0 Å². The van der Waals surface area contributed by atoms with Crippen molar-refractivity contribution in [3.05, 3.63) is 59.4 Å². The summed E-state index contributed by atoms with van der Waals surface area (Å²) in [5, 5.41) is 12.0. The fourth-order valence-corrected chi connectivity index (χ4v) is 1.88. The second-order valence-corrected chi connectivity index (χ2v) is 4.92. The van der Waals surface area contributed by atoms with Gasteiger partial charge in [-0.05, 0) is 42.5 Å². The number of hydrogen-bond donors (Lipinski definition) is 2. The number of anilines is 1. The molecule has 0 saturated carbocycles. The molecule has 2 aromatic carbocycles. The summed E-state index contributed by atoms with van der Waals surface area (Å²) in [4.78, 5) is 34.9. The Morgan fingerprint density at radius 2 is 1.71 bits per heavy atom. The molecule has 0 saturated heterocycles. The van der Waals surface area contributed by atoms with Crippen molar-refractivity contribution < 1.29 is 28.6 Å². The van der Waals surface area contributed by atoms with E-state index in [1.807, 2.05) is 0 Å². The number of phenolic OH excluding ortho intramolecular Hbond substituents is 1. The molecule has 6 nitrogen and oxygen atoms in total. The molecule has 2 N–H and O–H groups in total. The highest BCUT2D eigenvalue weighted by atomic mass is 19.1. The summed E-state index contributed by atoms with van der Waals surface area (Å²) in [6.45, 7) is 0.735. The molecule has 0 aliphatic carbocycles. The molecule has 0 aromatic heterocycles. The third kappa shape index (κ3) is 4.39. The van der Waals surface area contributed by atoms with E-state index in [1.165, 1.54) is 37.3 Å². The molecule has 0 heterocycles. The first-order valence-corrected chi connectivity index (χ1v) is 6.93. The number of ketones is 1. The molecule has 0 unspecified atom stereocenters. The molecular weight excluding hydrogens is 317 g/mol. The number of ether oxygens (including phenoxy) is 1. The number of aromatic hydroxyl groups is 1. The third-order valence-corrected chi connectivity index (χ3v) is 3.04. The van der Waals surface area contributed by atoms with Crippen LogP contribution in [0.5, 0.6) is 5.75 Å². The number of carbonyl (C=O) groups is 3. The molecule has 0 aliphatic heterocycles. The standard InChI is InChI=1S/C17H14FNO5/c1-10(20)19-14-8-12(4-7-15(14)21)16(22)9-24-17(23)11-2-5-13(18)6-3-11/h2-8,21H,9H2,1H3,(H,19,20). The zero-order valence-electron chi connectivity index (χ0n) is 12.7. The highest BCUT2D eigenvalue weighted by molar-refractivity contribution is 6.01. The number of nitrogens with one attached hydrogen (secondary N) is 1. The molecule has 0 atom stereocenters. The molecule has 124 valence electrons. The Balaban J connectivity index is 2.03. The summed E-state index contributed by atoms with van der Waals surface area (Å²) in [6, 6.07) is 8.59. The molecule has 0 spiro atoms. The van der Waals surface area contributed by atoms with Gasteiger partial charge in [0.15, 0.2) is 12.4 Å². The minimum atomic E-state index is -0.760. The van der Waals surface area contributed by atoms with Gasteiger partial charge in [0, 0.05) is 12.5 Å². The predicted octanol–water partition coefficient (Wildman–Crippen LogP) is 2.53. The first-order valence-electron chi connectivity index (χ1n) is 6.93. The fourth-order valence-electron chi connectivity index (χ4n) is 1.88. The molecule has 1 amide bonds. The maximum Gasteiger partial charge on any atom is 0.338 e. The van der Waals surface area contributed by atoms with Crippen LogP contribution in [-0.2, 0) is 9.53 Å². The molecule has 2 rings (SSSR count). The van der Waals surface area contributed by atoms with Crippen LogP contribution in [0.4, 0.5) is 10.1 Å². The number of hydrogen-bond acceptors (Lipinski definition) is 5. The van der Waals surface area contributed by atoms with Gasteiger partial charge in [0.05, 0.1) is 11.3 Å². The van der Waals surface area contributed by atoms with Gasteiger partial charge in [-0.15, -0.1) is 0 Å². The number of amides is 1. The van der Waals surface area contributed by atoms with E-state index < -0.39 is 30.1 Å². The summed E-state index contributed by atoms with van der Waals surface area (Å²) in [5.41, 5.74) is 0.357. The first kappa shape index (κ1) is 17.1. The van der Waals surface area contributed by atoms with Crippen LogP contribution in [0.25, 0.3) is 0 Å². The summed E-state index contributed by atoms with van der Waals surface area (Å²) >= 11 is 0. The smallest absolute Gasteiger partial charge is 0.338 e. The van der Waals surface area contributed by atoms with Gasteiger partial charge in [-0.1, -0.05) is 0 Å². The molecule has 0 fully saturated rings. The Hall–Kier alpha value is -3.22. The number of benzene rings is 2. The maximum atomic E-state index is 12.8. The van der Waals surface area contributed by atoms with Crippen LogP contribution in [0.1, 0.15) is 27.6 Å². The maximum absolute atomic E-state index is 12.8. The van der Waals surface area contributed by atoms with Crippen molar-refractivity contribution in [2.45, 2.75) is 6.92 Å². The van der Waals surface area contributed by atoms with Crippen molar-refractivity contribution in [3.8, 4) is 5.75 Å². The minimum Gasteiger partial charge on any atom is -0.506 e. The molecule has 0 bridgehead atoms. The van der Waals surface area contributed by atoms with Crippen molar-refractivity contribution in [1.29, 1.82) is 0 Å². The SMILES string of the molecule is CC(=O)Nc1cc(C(=O)COC(=O)c2ccc(F)cc2)ccc1O. The predicted molar refractivity (Wildman–Crippen MR) is 83.4 cm³/mol. The van der Waals surface area contributed by atoms with Gasteiger partial charge in [0.1, 0.15) is 11.6 Å². The second-order valence-electron chi connectivity index (χ2n) is 4.92. The quantitative estimate of drug-likeness (QED) is 0.499. The van der Waals surface area contributed by atoms with Crippen molar-refractivity contribution in [2.24, 2.45) is 0 Å². The topological polar surface area (TPSA) is 92.7 Å². The highest BCUT2D eigenvalue weighted by Crippen LogP contribution is 2.24. The molecular formula is C17H14FNO5. The van der Waals surface area contributed by atoms with Crippen molar-refractivity contribution in [3.63, 3.8) is 0 Å². The molecule has 24 heavy (non-hydrogen) atoms. The van der Waals surface area contributed by atoms with Crippen LogP contribution in [-0.4, -0.2) is 29.4 Å². The summed E-state index contributed by atoms with van der Waals surface area (Å²) < 4.78 is 17.7. The van der Waals surface area contributed by atoms with E-state index in [9.17, 15) is 23.9 Å². The lowest BCUT2D eigenvalue weighted by atomic mass is 10.1. The zero-order valence-corrected chi connectivity index (χ0v) is 12.7. The normalized spacial score (nSPS) is 10.1. The van der Waals surface area contributed by atoms with Gasteiger partial charge in [-0.2, -0.15) is 0 Å². The van der Waals surface area contributed by atoms with Crippen molar-refractivity contribution in [2.75, 3.05) is 11.9 Å². The zero-order chi connectivity index (χ0) is 17.7.